The highest BCUT2D eigenvalue weighted by atomic mass is 16.6. The van der Waals surface area contributed by atoms with Crippen LogP contribution in [0.2, 0.25) is 0 Å². The summed E-state index contributed by atoms with van der Waals surface area (Å²) in [6.07, 6.45) is 1.34. The summed E-state index contributed by atoms with van der Waals surface area (Å²) >= 11 is 0. The van der Waals surface area contributed by atoms with Gasteiger partial charge in [0.15, 0.2) is 0 Å². The van der Waals surface area contributed by atoms with E-state index in [0.29, 0.717) is 44.1 Å². The highest BCUT2D eigenvalue weighted by Crippen LogP contribution is 2.21. The lowest BCUT2D eigenvalue weighted by molar-refractivity contribution is -0.384. The lowest BCUT2D eigenvalue weighted by atomic mass is 10.2. The first-order valence-corrected chi connectivity index (χ1v) is 11.2. The lowest BCUT2D eigenvalue weighted by Gasteiger charge is -2.23. The van der Waals surface area contributed by atoms with Crippen molar-refractivity contribution in [1.82, 2.24) is 15.0 Å². The van der Waals surface area contributed by atoms with E-state index in [1.807, 2.05) is 47.4 Å². The van der Waals surface area contributed by atoms with Gasteiger partial charge in [-0.25, -0.2) is 0 Å². The molecule has 0 aliphatic rings. The van der Waals surface area contributed by atoms with Crippen molar-refractivity contribution in [1.29, 1.82) is 0 Å². The van der Waals surface area contributed by atoms with E-state index >= 15 is 0 Å². The first-order chi connectivity index (χ1) is 17.1. The van der Waals surface area contributed by atoms with Gasteiger partial charge in [-0.05, 0) is 17.7 Å². The van der Waals surface area contributed by atoms with Crippen LogP contribution in [-0.4, -0.2) is 50.9 Å². The summed E-state index contributed by atoms with van der Waals surface area (Å²) in [5.41, 5.74) is 1.51. The summed E-state index contributed by atoms with van der Waals surface area (Å²) in [7, 11) is 0. The van der Waals surface area contributed by atoms with Crippen molar-refractivity contribution in [3.8, 4) is 11.4 Å². The van der Waals surface area contributed by atoms with Crippen molar-refractivity contribution >= 4 is 5.69 Å². The molecule has 2 aromatic heterocycles. The molecule has 182 valence electrons. The normalized spacial score (nSPS) is 12.2. The Morgan fingerprint density at radius 1 is 1.11 bits per heavy atom. The van der Waals surface area contributed by atoms with E-state index < -0.39 is 11.0 Å². The van der Waals surface area contributed by atoms with Gasteiger partial charge in [-0.2, -0.15) is 4.98 Å². The van der Waals surface area contributed by atoms with Crippen molar-refractivity contribution < 1.29 is 23.7 Å². The first-order valence-electron chi connectivity index (χ1n) is 11.2. The Bertz CT molecular complexity index is 1200. The Labute approximate surface area is 201 Å². The molecule has 1 atom stereocenters. The average Bonchev–Trinajstić information content (AvgIpc) is 3.56. The van der Waals surface area contributed by atoms with Crippen molar-refractivity contribution in [2.24, 2.45) is 0 Å². The minimum Gasteiger partial charge on any atom is -0.468 e. The first kappa shape index (κ1) is 24.3. The van der Waals surface area contributed by atoms with E-state index in [-0.39, 0.29) is 18.1 Å². The molecule has 0 aliphatic carbocycles. The van der Waals surface area contributed by atoms with Crippen LogP contribution in [0.15, 0.2) is 81.9 Å². The van der Waals surface area contributed by atoms with Crippen molar-refractivity contribution in [3.05, 3.63) is 100 Å². The number of hydrogen-bond donors (Lipinski definition) is 1. The maximum atomic E-state index is 11.0. The minimum atomic E-state index is -0.697. The zero-order valence-electron chi connectivity index (χ0n) is 19.0. The molecule has 10 heteroatoms. The molecular formula is C25H26N4O6. The number of nitrogens with zero attached hydrogens (tertiary/aromatic N) is 4. The summed E-state index contributed by atoms with van der Waals surface area (Å²) < 4.78 is 16.5. The van der Waals surface area contributed by atoms with Crippen LogP contribution in [0.3, 0.4) is 0 Å². The fraction of sp³-hybridized carbons (Fsp3) is 0.280. The number of hydrogen-bond acceptors (Lipinski definition) is 9. The second-order valence-corrected chi connectivity index (χ2v) is 8.04. The number of aromatic nitrogens is 2. The summed E-state index contributed by atoms with van der Waals surface area (Å²) in [6, 6.07) is 19.6. The number of nitro benzene ring substituents is 1. The molecule has 1 unspecified atom stereocenters. The molecule has 0 saturated carbocycles. The van der Waals surface area contributed by atoms with Gasteiger partial charge in [-0.15, -0.1) is 0 Å². The van der Waals surface area contributed by atoms with Crippen LogP contribution < -0.4 is 0 Å². The van der Waals surface area contributed by atoms with Crippen LogP contribution in [0, 0.1) is 10.1 Å². The van der Waals surface area contributed by atoms with Crippen LogP contribution in [0.1, 0.15) is 17.2 Å². The largest absolute Gasteiger partial charge is 0.468 e. The van der Waals surface area contributed by atoms with Crippen LogP contribution in [-0.2, 0) is 24.3 Å². The van der Waals surface area contributed by atoms with Crippen molar-refractivity contribution in [2.45, 2.75) is 25.7 Å². The number of furan rings is 1. The van der Waals surface area contributed by atoms with E-state index in [0.717, 1.165) is 11.3 Å². The molecule has 0 fully saturated rings. The number of rotatable bonds is 13. The van der Waals surface area contributed by atoms with Gasteiger partial charge in [0.2, 0.25) is 11.7 Å². The molecule has 35 heavy (non-hydrogen) atoms. The fourth-order valence-corrected chi connectivity index (χ4v) is 3.58. The Morgan fingerprint density at radius 2 is 1.97 bits per heavy atom. The highest BCUT2D eigenvalue weighted by molar-refractivity contribution is 5.58. The van der Waals surface area contributed by atoms with Gasteiger partial charge in [-0.1, -0.05) is 47.6 Å². The molecule has 2 aromatic carbocycles. The molecule has 10 nitrogen and oxygen atoms in total. The Balaban J connectivity index is 1.33. The quantitative estimate of drug-likeness (QED) is 0.225. The second kappa shape index (κ2) is 12.0. The number of non-ortho nitro benzene ring substituents is 1. The number of ether oxygens (including phenoxy) is 1. The smallest absolute Gasteiger partial charge is 0.270 e. The van der Waals surface area contributed by atoms with Crippen LogP contribution in [0.25, 0.3) is 11.4 Å². The van der Waals surface area contributed by atoms with Crippen LogP contribution in [0.4, 0.5) is 5.69 Å². The number of nitro groups is 1. The molecule has 4 rings (SSSR count). The second-order valence-electron chi connectivity index (χ2n) is 8.04. The van der Waals surface area contributed by atoms with Gasteiger partial charge in [0.25, 0.3) is 5.69 Å². The molecule has 1 N–H and O–H groups in total. The lowest BCUT2D eigenvalue weighted by Crippen LogP contribution is -2.35. The highest BCUT2D eigenvalue weighted by Gasteiger charge is 2.17. The third-order valence-corrected chi connectivity index (χ3v) is 5.28. The minimum absolute atomic E-state index is 0.0399. The third kappa shape index (κ3) is 7.31. The van der Waals surface area contributed by atoms with Crippen molar-refractivity contribution in [3.63, 3.8) is 0 Å². The Kier molecular flexibility index (Phi) is 8.34. The summed E-state index contributed by atoms with van der Waals surface area (Å²) in [5, 5.41) is 25.5. The molecule has 0 radical (unpaired) electrons. The van der Waals surface area contributed by atoms with E-state index in [9.17, 15) is 15.2 Å². The molecule has 0 bridgehead atoms. The standard InChI is InChI=1S/C25H26N4O6/c30-22(18-33-17-19-6-2-1-3-7-19)15-28(16-23-10-5-13-34-23)12-11-24-26-25(27-35-24)20-8-4-9-21(14-20)29(31)32/h1-10,13-14,22,30H,11-12,15-18H2. The third-order valence-electron chi connectivity index (χ3n) is 5.28. The average molecular weight is 479 g/mol. The van der Waals surface area contributed by atoms with E-state index in [1.54, 1.807) is 18.4 Å². The molecule has 4 aromatic rings. The number of aliphatic hydroxyl groups excluding tert-OH is 1. The molecular weight excluding hydrogens is 452 g/mol. The fourth-order valence-electron chi connectivity index (χ4n) is 3.58. The van der Waals surface area contributed by atoms with Gasteiger partial charge in [0, 0.05) is 37.2 Å². The molecule has 0 spiro atoms. The zero-order valence-corrected chi connectivity index (χ0v) is 19.0. The molecule has 0 aliphatic heterocycles. The predicted molar refractivity (Wildman–Crippen MR) is 126 cm³/mol. The van der Waals surface area contributed by atoms with Gasteiger partial charge >= 0.3 is 0 Å². The monoisotopic (exact) mass is 478 g/mol. The van der Waals surface area contributed by atoms with Crippen LogP contribution >= 0.6 is 0 Å². The maximum absolute atomic E-state index is 11.0. The summed E-state index contributed by atoms with van der Waals surface area (Å²) in [4.78, 5) is 17.0. The Morgan fingerprint density at radius 3 is 2.74 bits per heavy atom. The van der Waals surface area contributed by atoms with Gasteiger partial charge < -0.3 is 18.8 Å². The van der Waals surface area contributed by atoms with Gasteiger partial charge in [0.05, 0.1) is 37.0 Å². The molecule has 0 saturated heterocycles. The molecule has 0 amide bonds. The van der Waals surface area contributed by atoms with Gasteiger partial charge in [0.1, 0.15) is 5.76 Å². The van der Waals surface area contributed by atoms with Crippen LogP contribution in [0.5, 0.6) is 0 Å². The topological polar surface area (TPSA) is 128 Å². The van der Waals surface area contributed by atoms with Crippen molar-refractivity contribution in [2.75, 3.05) is 19.7 Å². The predicted octanol–water partition coefficient (Wildman–Crippen LogP) is 3.86. The summed E-state index contributed by atoms with van der Waals surface area (Å²) in [6.45, 7) is 2.00. The van der Waals surface area contributed by atoms with Gasteiger partial charge in [-0.3, -0.25) is 15.0 Å². The zero-order chi connectivity index (χ0) is 24.5. The van der Waals surface area contributed by atoms with E-state index in [4.69, 9.17) is 13.7 Å². The summed E-state index contributed by atoms with van der Waals surface area (Å²) in [5.74, 6) is 1.45. The maximum Gasteiger partial charge on any atom is 0.270 e. The number of aliphatic hydroxyl groups is 1. The SMILES string of the molecule is O=[N+]([O-])c1cccc(-c2noc(CCN(Cc3ccco3)CC(O)COCc3ccccc3)n2)c1. The van der Waals surface area contributed by atoms with E-state index in [2.05, 4.69) is 10.1 Å². The molecule has 2 heterocycles. The number of benzene rings is 2. The Hall–Kier alpha value is -3.86. The van der Waals surface area contributed by atoms with E-state index in [1.165, 1.54) is 12.1 Å².